The number of nitrogens with zero attached hydrogens (tertiary/aromatic N) is 4. The van der Waals surface area contributed by atoms with Crippen LogP contribution in [0.5, 0.6) is 5.75 Å². The van der Waals surface area contributed by atoms with E-state index in [0.717, 1.165) is 18.6 Å². The van der Waals surface area contributed by atoms with E-state index in [1.54, 1.807) is 18.5 Å². The molecule has 0 bridgehead atoms. The molecule has 34 heavy (non-hydrogen) atoms. The van der Waals surface area contributed by atoms with E-state index in [9.17, 15) is 13.6 Å². The number of alkyl halides is 2. The van der Waals surface area contributed by atoms with Crippen molar-refractivity contribution in [3.05, 3.63) is 36.2 Å². The highest BCUT2D eigenvalue weighted by Gasteiger charge is 2.24. The number of carbonyl (C=O) groups is 1. The SMILES string of the molecule is CC(C)(C)NC(=O)c1c[nH]c2ncc(-c3nn(CC4CNC4)c4ccc(OC(F)F)cc34)nc12. The summed E-state index contributed by atoms with van der Waals surface area (Å²) in [5, 5.41) is 11.5. The van der Waals surface area contributed by atoms with Gasteiger partial charge in [-0.15, -0.1) is 0 Å². The Labute approximate surface area is 193 Å². The van der Waals surface area contributed by atoms with Gasteiger partial charge in [-0.05, 0) is 39.0 Å². The second-order valence-corrected chi connectivity index (χ2v) is 9.47. The number of amides is 1. The number of nitrogens with one attached hydrogen (secondary N) is 3. The lowest BCUT2D eigenvalue weighted by atomic mass is 10.0. The first-order chi connectivity index (χ1) is 16.2. The van der Waals surface area contributed by atoms with Gasteiger partial charge >= 0.3 is 6.61 Å². The molecule has 1 saturated heterocycles. The van der Waals surface area contributed by atoms with Gasteiger partial charge in [0.2, 0.25) is 0 Å². The summed E-state index contributed by atoms with van der Waals surface area (Å²) in [5.41, 5.74) is 2.52. The van der Waals surface area contributed by atoms with E-state index >= 15 is 0 Å². The summed E-state index contributed by atoms with van der Waals surface area (Å²) in [4.78, 5) is 24.9. The van der Waals surface area contributed by atoms with E-state index < -0.39 is 12.2 Å². The third kappa shape index (κ3) is 4.30. The van der Waals surface area contributed by atoms with Gasteiger partial charge in [-0.1, -0.05) is 0 Å². The van der Waals surface area contributed by atoms with Crippen LogP contribution in [0.1, 0.15) is 31.1 Å². The number of benzene rings is 1. The van der Waals surface area contributed by atoms with Gasteiger partial charge in [0.1, 0.15) is 22.7 Å². The highest BCUT2D eigenvalue weighted by atomic mass is 19.3. The third-order valence-electron chi connectivity index (χ3n) is 5.60. The maximum atomic E-state index is 12.8. The molecule has 1 aliphatic heterocycles. The van der Waals surface area contributed by atoms with Crippen LogP contribution >= 0.6 is 0 Å². The number of aromatic nitrogens is 5. The molecular formula is C23H25F2N7O2. The summed E-state index contributed by atoms with van der Waals surface area (Å²) in [7, 11) is 0. The van der Waals surface area contributed by atoms with Crippen molar-refractivity contribution in [1.29, 1.82) is 0 Å². The van der Waals surface area contributed by atoms with Gasteiger partial charge in [0.05, 0.1) is 17.3 Å². The van der Waals surface area contributed by atoms with Crippen molar-refractivity contribution in [3.8, 4) is 17.1 Å². The van der Waals surface area contributed by atoms with Gasteiger partial charge in [-0.2, -0.15) is 13.9 Å². The van der Waals surface area contributed by atoms with Crippen molar-refractivity contribution in [2.75, 3.05) is 13.1 Å². The van der Waals surface area contributed by atoms with Crippen LogP contribution in [0.25, 0.3) is 33.5 Å². The first kappa shape index (κ1) is 22.2. The summed E-state index contributed by atoms with van der Waals surface area (Å²) < 4.78 is 32.2. The summed E-state index contributed by atoms with van der Waals surface area (Å²) in [5.74, 6) is 0.194. The number of halogens is 2. The van der Waals surface area contributed by atoms with E-state index in [4.69, 9.17) is 10.1 Å². The standard InChI is InChI=1S/C23H25F2N7O2/c1-23(2,3)30-21(33)15-9-27-20-19(15)29-16(10-28-20)18-14-6-13(34-22(24)25)4-5-17(14)32(31-18)11-12-7-26-8-12/h4-6,9-10,12,22,26H,7-8,11H2,1-3H3,(H,27,28)(H,30,33). The molecule has 3 aromatic heterocycles. The van der Waals surface area contributed by atoms with E-state index in [1.165, 1.54) is 12.1 Å². The molecule has 0 unspecified atom stereocenters. The molecule has 4 heterocycles. The van der Waals surface area contributed by atoms with Crippen molar-refractivity contribution in [2.45, 2.75) is 39.5 Å². The molecule has 5 rings (SSSR count). The number of hydrogen-bond acceptors (Lipinski definition) is 6. The largest absolute Gasteiger partial charge is 0.435 e. The number of hydrogen-bond donors (Lipinski definition) is 3. The van der Waals surface area contributed by atoms with Gasteiger partial charge < -0.3 is 20.4 Å². The molecule has 0 radical (unpaired) electrons. The molecule has 1 fully saturated rings. The van der Waals surface area contributed by atoms with Gasteiger partial charge in [0.25, 0.3) is 5.91 Å². The predicted molar refractivity (Wildman–Crippen MR) is 123 cm³/mol. The fraction of sp³-hybridized carbons (Fsp3) is 0.391. The van der Waals surface area contributed by atoms with Crippen LogP contribution in [0, 0.1) is 5.92 Å². The Hall–Kier alpha value is -3.60. The van der Waals surface area contributed by atoms with E-state index in [1.807, 2.05) is 25.5 Å². The Kier molecular flexibility index (Phi) is 5.43. The Morgan fingerprint density at radius 2 is 2.12 bits per heavy atom. The molecule has 0 atom stereocenters. The number of fused-ring (bicyclic) bond motifs is 2. The molecule has 3 N–H and O–H groups in total. The molecule has 11 heteroatoms. The topological polar surface area (TPSA) is 110 Å². The normalized spacial score (nSPS) is 14.6. The Morgan fingerprint density at radius 3 is 2.79 bits per heavy atom. The lowest BCUT2D eigenvalue weighted by molar-refractivity contribution is -0.0497. The fourth-order valence-corrected chi connectivity index (χ4v) is 3.97. The zero-order chi connectivity index (χ0) is 24.0. The van der Waals surface area contributed by atoms with Crippen LogP contribution in [0.4, 0.5) is 8.78 Å². The molecule has 4 aromatic rings. The molecule has 1 amide bonds. The van der Waals surface area contributed by atoms with Crippen molar-refractivity contribution >= 4 is 28.0 Å². The third-order valence-corrected chi connectivity index (χ3v) is 5.60. The minimum Gasteiger partial charge on any atom is -0.435 e. The minimum absolute atomic E-state index is 0.0366. The Balaban J connectivity index is 1.61. The number of H-pyrrole nitrogens is 1. The van der Waals surface area contributed by atoms with E-state index in [-0.39, 0.29) is 11.7 Å². The van der Waals surface area contributed by atoms with Crippen LogP contribution in [-0.4, -0.2) is 55.9 Å². The Morgan fingerprint density at radius 1 is 1.32 bits per heavy atom. The molecule has 0 saturated carbocycles. The Bertz CT molecular complexity index is 1370. The molecule has 0 aliphatic carbocycles. The smallest absolute Gasteiger partial charge is 0.387 e. The maximum absolute atomic E-state index is 12.8. The van der Waals surface area contributed by atoms with Gasteiger partial charge in [0.15, 0.2) is 5.65 Å². The fourth-order valence-electron chi connectivity index (χ4n) is 3.97. The first-order valence-electron chi connectivity index (χ1n) is 11.0. The van der Waals surface area contributed by atoms with Crippen molar-refractivity contribution in [1.82, 2.24) is 35.4 Å². The molecule has 0 spiro atoms. The number of carbonyl (C=O) groups excluding carboxylic acids is 1. The number of ether oxygens (including phenoxy) is 1. The summed E-state index contributed by atoms with van der Waals surface area (Å²) in [6, 6.07) is 4.76. The highest BCUT2D eigenvalue weighted by Crippen LogP contribution is 2.32. The lowest BCUT2D eigenvalue weighted by Gasteiger charge is -2.27. The summed E-state index contributed by atoms with van der Waals surface area (Å²) in [6.45, 7) is 5.22. The van der Waals surface area contributed by atoms with Crippen LogP contribution in [0.2, 0.25) is 0 Å². The second-order valence-electron chi connectivity index (χ2n) is 9.47. The van der Waals surface area contributed by atoms with Crippen LogP contribution < -0.4 is 15.4 Å². The van der Waals surface area contributed by atoms with Crippen LogP contribution in [0.15, 0.2) is 30.6 Å². The zero-order valence-electron chi connectivity index (χ0n) is 19.0. The number of aromatic amines is 1. The first-order valence-corrected chi connectivity index (χ1v) is 11.0. The van der Waals surface area contributed by atoms with Crippen LogP contribution in [-0.2, 0) is 6.54 Å². The molecule has 1 aliphatic rings. The quantitative estimate of drug-likeness (QED) is 0.400. The monoisotopic (exact) mass is 469 g/mol. The molecule has 9 nitrogen and oxygen atoms in total. The van der Waals surface area contributed by atoms with Gasteiger partial charge in [-0.3, -0.25) is 9.48 Å². The van der Waals surface area contributed by atoms with Crippen LogP contribution in [0.3, 0.4) is 0 Å². The highest BCUT2D eigenvalue weighted by molar-refractivity contribution is 6.05. The molecule has 1 aromatic carbocycles. The van der Waals surface area contributed by atoms with E-state index in [2.05, 4.69) is 25.3 Å². The van der Waals surface area contributed by atoms with Crippen molar-refractivity contribution in [3.63, 3.8) is 0 Å². The molecular weight excluding hydrogens is 444 g/mol. The van der Waals surface area contributed by atoms with Crippen molar-refractivity contribution in [2.24, 2.45) is 5.92 Å². The second kappa shape index (κ2) is 8.32. The average Bonchev–Trinajstić information content (AvgIpc) is 3.30. The van der Waals surface area contributed by atoms with E-state index in [0.29, 0.717) is 46.0 Å². The minimum atomic E-state index is -2.93. The predicted octanol–water partition coefficient (Wildman–Crippen LogP) is 3.32. The van der Waals surface area contributed by atoms with Gasteiger partial charge in [-0.25, -0.2) is 9.97 Å². The maximum Gasteiger partial charge on any atom is 0.387 e. The van der Waals surface area contributed by atoms with Crippen molar-refractivity contribution < 1.29 is 18.3 Å². The van der Waals surface area contributed by atoms with Gasteiger partial charge in [0, 0.05) is 42.7 Å². The zero-order valence-corrected chi connectivity index (χ0v) is 19.0. The average molecular weight is 469 g/mol. The molecule has 178 valence electrons. The summed E-state index contributed by atoms with van der Waals surface area (Å²) in [6.07, 6.45) is 3.13. The number of rotatable bonds is 6. The summed E-state index contributed by atoms with van der Waals surface area (Å²) >= 11 is 0. The lowest BCUT2D eigenvalue weighted by Crippen LogP contribution is -2.44.